The van der Waals surface area contributed by atoms with E-state index in [2.05, 4.69) is 72.5 Å². The van der Waals surface area contributed by atoms with Gasteiger partial charge in [-0.05, 0) is 37.6 Å². The number of hydrogen-bond donors (Lipinski definition) is 1. The second-order valence-corrected chi connectivity index (χ2v) is 3.92. The molecule has 1 heterocycles. The lowest BCUT2D eigenvalue weighted by Crippen LogP contribution is -3.00. The Morgan fingerprint density at radius 3 is 2.59 bits per heavy atom. The average Bonchev–Trinajstić information content (AvgIpc) is 2.29. The van der Waals surface area contributed by atoms with E-state index in [1.54, 1.807) is 0 Å². The Hall–Kier alpha value is -1.10. The van der Waals surface area contributed by atoms with Crippen LogP contribution in [0.5, 0.6) is 0 Å². The van der Waals surface area contributed by atoms with Crippen molar-refractivity contribution in [3.8, 4) is 0 Å². The molecule has 0 atom stereocenters. The number of benzene rings is 1. The van der Waals surface area contributed by atoms with Crippen molar-refractivity contribution in [1.29, 1.82) is 0 Å². The third kappa shape index (κ3) is 4.00. The number of nitrogens with zero attached hydrogens (tertiary/aromatic N) is 1. The molecule has 0 amide bonds. The van der Waals surface area contributed by atoms with Crippen LogP contribution in [0.3, 0.4) is 0 Å². The maximum absolute atomic E-state index is 3.40. The smallest absolute Gasteiger partial charge is 0.192 e. The Labute approximate surface area is 120 Å². The lowest BCUT2D eigenvalue weighted by molar-refractivity contribution is -0.692. The molecule has 1 N–H and O–H groups in total. The van der Waals surface area contributed by atoms with Gasteiger partial charge >= 0.3 is 0 Å². The van der Waals surface area contributed by atoms with Gasteiger partial charge in [0.05, 0.1) is 0 Å². The van der Waals surface area contributed by atoms with Crippen LogP contribution in [0, 0.1) is 6.92 Å². The molecule has 0 radical (unpaired) electrons. The lowest BCUT2D eigenvalue weighted by Gasteiger charge is -2.05. The molecule has 2 aromatic rings. The van der Waals surface area contributed by atoms with Crippen molar-refractivity contribution in [3.05, 3.63) is 54.4 Å². The summed E-state index contributed by atoms with van der Waals surface area (Å²) in [4.78, 5) is 0. The number of anilines is 2. The molecule has 0 bridgehead atoms. The minimum Gasteiger partial charge on any atom is -1.00 e. The van der Waals surface area contributed by atoms with Crippen LogP contribution in [0.15, 0.2) is 48.8 Å². The topological polar surface area (TPSA) is 15.9 Å². The molecule has 0 saturated carbocycles. The van der Waals surface area contributed by atoms with Crippen LogP contribution in [0.25, 0.3) is 0 Å². The quantitative estimate of drug-likeness (QED) is 0.617. The number of hydrogen-bond acceptors (Lipinski definition) is 1. The van der Waals surface area contributed by atoms with E-state index >= 15 is 0 Å². The van der Waals surface area contributed by atoms with Crippen molar-refractivity contribution in [2.45, 2.75) is 20.4 Å². The predicted octanol–water partition coefficient (Wildman–Crippen LogP) is 0.0500. The van der Waals surface area contributed by atoms with Crippen molar-refractivity contribution in [3.63, 3.8) is 0 Å². The molecule has 3 heteroatoms. The van der Waals surface area contributed by atoms with Gasteiger partial charge < -0.3 is 29.3 Å². The summed E-state index contributed by atoms with van der Waals surface area (Å²) in [5.74, 6) is 0. The van der Waals surface area contributed by atoms with Gasteiger partial charge in [-0.1, -0.05) is 12.1 Å². The van der Waals surface area contributed by atoms with E-state index in [0.29, 0.717) is 0 Å². The molecule has 0 aliphatic heterocycles. The Kier molecular flexibility index (Phi) is 5.41. The maximum atomic E-state index is 3.40. The number of halogens is 1. The normalized spacial score (nSPS) is 9.53. The number of nitrogens with one attached hydrogen (secondary N) is 1. The predicted molar refractivity (Wildman–Crippen MR) is 66.8 cm³/mol. The molecule has 1 aromatic heterocycles. The van der Waals surface area contributed by atoms with Gasteiger partial charge in [0.1, 0.15) is 12.2 Å². The van der Waals surface area contributed by atoms with E-state index in [1.807, 2.05) is 0 Å². The Bertz CT molecular complexity index is 483. The van der Waals surface area contributed by atoms with E-state index < -0.39 is 0 Å². The zero-order valence-electron chi connectivity index (χ0n) is 10.2. The summed E-state index contributed by atoms with van der Waals surface area (Å²) in [6.45, 7) is 5.22. The molecule has 1 aromatic carbocycles. The summed E-state index contributed by atoms with van der Waals surface area (Å²) >= 11 is 0. The van der Waals surface area contributed by atoms with Gasteiger partial charge in [0.15, 0.2) is 12.4 Å². The molecule has 0 saturated heterocycles. The Morgan fingerprint density at radius 1 is 1.12 bits per heavy atom. The minimum atomic E-state index is 0. The maximum Gasteiger partial charge on any atom is 0.192 e. The number of rotatable bonds is 3. The standard InChI is InChI=1S/C14H17N2.HI/c1-3-16-9-5-8-14(11-16)15-13-7-4-6-12(2)10-13;/h4-11,15H,3H2,1-2H3;1H/q+1;/p-1. The molecule has 2 rings (SSSR count). The summed E-state index contributed by atoms with van der Waals surface area (Å²) in [6.07, 6.45) is 4.18. The van der Waals surface area contributed by atoms with Gasteiger partial charge in [-0.15, -0.1) is 0 Å². The highest BCUT2D eigenvalue weighted by atomic mass is 127. The molecule has 17 heavy (non-hydrogen) atoms. The summed E-state index contributed by atoms with van der Waals surface area (Å²) in [5, 5.41) is 3.40. The first-order valence-corrected chi connectivity index (χ1v) is 5.61. The summed E-state index contributed by atoms with van der Waals surface area (Å²) in [6, 6.07) is 12.5. The van der Waals surface area contributed by atoms with Crippen LogP contribution >= 0.6 is 0 Å². The summed E-state index contributed by atoms with van der Waals surface area (Å²) in [5.41, 5.74) is 3.52. The van der Waals surface area contributed by atoms with Crippen LogP contribution in [-0.2, 0) is 6.54 Å². The number of pyridine rings is 1. The monoisotopic (exact) mass is 340 g/mol. The van der Waals surface area contributed by atoms with Crippen molar-refractivity contribution >= 4 is 11.4 Å². The van der Waals surface area contributed by atoms with E-state index in [4.69, 9.17) is 0 Å². The second kappa shape index (κ2) is 6.59. The highest BCUT2D eigenvalue weighted by molar-refractivity contribution is 5.58. The first kappa shape index (κ1) is 14.0. The van der Waals surface area contributed by atoms with Gasteiger partial charge in [-0.25, -0.2) is 4.57 Å². The SMILES string of the molecule is CC[n+]1cccc(Nc2cccc(C)c2)c1.[I-]. The third-order valence-corrected chi connectivity index (χ3v) is 2.53. The molecule has 90 valence electrons. The minimum absolute atomic E-state index is 0. The zero-order chi connectivity index (χ0) is 11.4. The van der Waals surface area contributed by atoms with E-state index in [-0.39, 0.29) is 24.0 Å². The molecule has 0 aliphatic rings. The van der Waals surface area contributed by atoms with E-state index in [1.165, 1.54) is 5.56 Å². The van der Waals surface area contributed by atoms with Gasteiger partial charge in [0.25, 0.3) is 0 Å². The highest BCUT2D eigenvalue weighted by Crippen LogP contribution is 2.15. The molecule has 0 spiro atoms. The second-order valence-electron chi connectivity index (χ2n) is 3.92. The average molecular weight is 340 g/mol. The van der Waals surface area contributed by atoms with Crippen molar-refractivity contribution in [2.24, 2.45) is 0 Å². The third-order valence-electron chi connectivity index (χ3n) is 2.53. The Balaban J connectivity index is 0.00000144. The fourth-order valence-corrected chi connectivity index (χ4v) is 1.68. The molecular formula is C14H17IN2. The molecular weight excluding hydrogens is 323 g/mol. The highest BCUT2D eigenvalue weighted by Gasteiger charge is 2.00. The molecule has 0 unspecified atom stereocenters. The van der Waals surface area contributed by atoms with Crippen LogP contribution in [0.2, 0.25) is 0 Å². The molecule has 0 aliphatic carbocycles. The van der Waals surface area contributed by atoms with Crippen molar-refractivity contribution < 1.29 is 28.5 Å². The van der Waals surface area contributed by atoms with Crippen LogP contribution < -0.4 is 33.9 Å². The van der Waals surface area contributed by atoms with Gasteiger partial charge in [-0.2, -0.15) is 0 Å². The largest absolute Gasteiger partial charge is 1.00 e. The van der Waals surface area contributed by atoms with Crippen LogP contribution in [0.1, 0.15) is 12.5 Å². The van der Waals surface area contributed by atoms with Gasteiger partial charge in [-0.3, -0.25) is 0 Å². The van der Waals surface area contributed by atoms with E-state index in [0.717, 1.165) is 17.9 Å². The number of aromatic nitrogens is 1. The van der Waals surface area contributed by atoms with E-state index in [9.17, 15) is 0 Å². The summed E-state index contributed by atoms with van der Waals surface area (Å²) in [7, 11) is 0. The van der Waals surface area contributed by atoms with Crippen LogP contribution in [0.4, 0.5) is 11.4 Å². The molecule has 2 nitrogen and oxygen atoms in total. The summed E-state index contributed by atoms with van der Waals surface area (Å²) < 4.78 is 2.15. The van der Waals surface area contributed by atoms with Gasteiger partial charge in [0.2, 0.25) is 0 Å². The Morgan fingerprint density at radius 2 is 1.88 bits per heavy atom. The first-order valence-electron chi connectivity index (χ1n) is 5.61. The first-order chi connectivity index (χ1) is 7.78. The van der Waals surface area contributed by atoms with Crippen molar-refractivity contribution in [1.82, 2.24) is 0 Å². The fraction of sp³-hybridized carbons (Fsp3) is 0.214. The fourth-order valence-electron chi connectivity index (χ4n) is 1.68. The molecule has 0 fully saturated rings. The van der Waals surface area contributed by atoms with Crippen molar-refractivity contribution in [2.75, 3.05) is 5.32 Å². The van der Waals surface area contributed by atoms with Crippen LogP contribution in [-0.4, -0.2) is 0 Å². The number of aryl methyl sites for hydroxylation is 2. The zero-order valence-corrected chi connectivity index (χ0v) is 12.3. The van der Waals surface area contributed by atoms with Gasteiger partial charge in [0, 0.05) is 11.8 Å². The lowest BCUT2D eigenvalue weighted by atomic mass is 10.2.